The molecule has 0 bridgehead atoms. The van der Waals surface area contributed by atoms with Gasteiger partial charge in [0.2, 0.25) is 11.8 Å². The fraction of sp³-hybridized carbons (Fsp3) is 0.250. The number of hydrogen-bond donors (Lipinski definition) is 2. The summed E-state index contributed by atoms with van der Waals surface area (Å²) in [4.78, 5) is 24.1. The molecule has 8 nitrogen and oxygen atoms in total. The number of carbonyl (C=O) groups excluding carboxylic acids is 2. The van der Waals surface area contributed by atoms with Gasteiger partial charge in [-0.2, -0.15) is 0 Å². The summed E-state index contributed by atoms with van der Waals surface area (Å²) in [6.07, 6.45) is 2.90. The number of halogens is 2. The lowest BCUT2D eigenvalue weighted by Crippen LogP contribution is -2.18. The number of amides is 2. The Morgan fingerprint density at radius 3 is 2.69 bits per heavy atom. The topological polar surface area (TPSA) is 98.1 Å². The average Bonchev–Trinajstić information content (AvgIpc) is 3.51. The van der Waals surface area contributed by atoms with Crippen molar-refractivity contribution in [2.24, 2.45) is 0 Å². The normalized spacial score (nSPS) is 15.1. The molecule has 2 N–H and O–H groups in total. The molecular weight excluding hydrogens is 476 g/mol. The summed E-state index contributed by atoms with van der Waals surface area (Å²) in [6.45, 7) is 4.53. The van der Waals surface area contributed by atoms with Crippen LogP contribution >= 0.6 is 11.8 Å². The highest BCUT2D eigenvalue weighted by Gasteiger charge is 2.22. The number of carbonyl (C=O) groups is 2. The van der Waals surface area contributed by atoms with Crippen LogP contribution in [0, 0.1) is 11.6 Å². The van der Waals surface area contributed by atoms with Gasteiger partial charge in [-0.25, -0.2) is 8.78 Å². The van der Waals surface area contributed by atoms with Crippen molar-refractivity contribution in [2.45, 2.75) is 30.6 Å². The van der Waals surface area contributed by atoms with E-state index in [-0.39, 0.29) is 29.3 Å². The predicted molar refractivity (Wildman–Crippen MR) is 129 cm³/mol. The van der Waals surface area contributed by atoms with Gasteiger partial charge in [-0.15, -0.1) is 10.2 Å². The molecule has 1 aliphatic heterocycles. The second-order valence-corrected chi connectivity index (χ2v) is 8.73. The number of nitrogens with one attached hydrogen (secondary N) is 2. The summed E-state index contributed by atoms with van der Waals surface area (Å²) in [6, 6.07) is 9.84. The molecule has 0 spiro atoms. The maximum Gasteiger partial charge on any atom is 0.247 e. The van der Waals surface area contributed by atoms with Crippen molar-refractivity contribution >= 4 is 35.0 Å². The fourth-order valence-corrected chi connectivity index (χ4v) is 4.32. The largest absolute Gasteiger partial charge is 0.376 e. The Bertz CT molecular complexity index is 1230. The molecule has 0 aliphatic carbocycles. The van der Waals surface area contributed by atoms with Crippen molar-refractivity contribution in [3.05, 3.63) is 66.8 Å². The third-order valence-electron chi connectivity index (χ3n) is 5.26. The van der Waals surface area contributed by atoms with E-state index in [9.17, 15) is 18.4 Å². The highest BCUT2D eigenvalue weighted by atomic mass is 32.2. The van der Waals surface area contributed by atoms with Crippen LogP contribution in [0.3, 0.4) is 0 Å². The molecule has 2 aromatic carbocycles. The van der Waals surface area contributed by atoms with E-state index in [1.165, 1.54) is 36.0 Å². The van der Waals surface area contributed by atoms with Crippen molar-refractivity contribution < 1.29 is 23.1 Å². The minimum Gasteiger partial charge on any atom is -0.376 e. The molecule has 35 heavy (non-hydrogen) atoms. The quantitative estimate of drug-likeness (QED) is 0.337. The Hall–Kier alpha value is -3.57. The average molecular weight is 500 g/mol. The summed E-state index contributed by atoms with van der Waals surface area (Å²) in [5, 5.41) is 14.1. The molecule has 1 saturated heterocycles. The first kappa shape index (κ1) is 24.6. The zero-order chi connectivity index (χ0) is 24.8. The van der Waals surface area contributed by atoms with E-state index in [0.29, 0.717) is 35.4 Å². The standard InChI is InChI=1S/C24H23F2N5O3S/c1-2-21(32)28-20-12-17(9-10-19(20)26)27-22(33)14-35-24-30-29-23(15-5-7-16(25)8-6-15)31(24)13-18-4-3-11-34-18/h2,5-10,12,18H,1,3-4,11,13-14H2,(H,27,33)(H,28,32). The molecule has 1 aromatic heterocycles. The third kappa shape index (κ3) is 6.31. The Morgan fingerprint density at radius 1 is 1.17 bits per heavy atom. The summed E-state index contributed by atoms with van der Waals surface area (Å²) in [5.74, 6) is -1.33. The maximum atomic E-state index is 13.9. The van der Waals surface area contributed by atoms with Crippen LogP contribution in [0.25, 0.3) is 11.4 Å². The van der Waals surface area contributed by atoms with Gasteiger partial charge < -0.3 is 15.4 Å². The van der Waals surface area contributed by atoms with Gasteiger partial charge in [0.1, 0.15) is 11.6 Å². The number of aromatic nitrogens is 3. The van der Waals surface area contributed by atoms with E-state index < -0.39 is 11.7 Å². The first-order valence-electron chi connectivity index (χ1n) is 10.9. The van der Waals surface area contributed by atoms with E-state index >= 15 is 0 Å². The van der Waals surface area contributed by atoms with Crippen molar-refractivity contribution in [2.75, 3.05) is 23.0 Å². The summed E-state index contributed by atoms with van der Waals surface area (Å²) in [7, 11) is 0. The zero-order valence-corrected chi connectivity index (χ0v) is 19.5. The van der Waals surface area contributed by atoms with Gasteiger partial charge in [0.25, 0.3) is 0 Å². The molecule has 4 rings (SSSR count). The molecule has 1 unspecified atom stereocenters. The van der Waals surface area contributed by atoms with Crippen LogP contribution in [0.15, 0.2) is 60.3 Å². The van der Waals surface area contributed by atoms with Crippen LogP contribution in [-0.4, -0.2) is 45.0 Å². The molecule has 182 valence electrons. The van der Waals surface area contributed by atoms with Crippen LogP contribution in [0.2, 0.25) is 0 Å². The van der Waals surface area contributed by atoms with Gasteiger partial charge in [0.15, 0.2) is 11.0 Å². The first-order valence-corrected chi connectivity index (χ1v) is 11.9. The van der Waals surface area contributed by atoms with E-state index in [2.05, 4.69) is 27.4 Å². The van der Waals surface area contributed by atoms with Crippen molar-refractivity contribution in [3.8, 4) is 11.4 Å². The number of ether oxygens (including phenoxy) is 1. The monoisotopic (exact) mass is 499 g/mol. The van der Waals surface area contributed by atoms with E-state index in [0.717, 1.165) is 25.0 Å². The smallest absolute Gasteiger partial charge is 0.247 e. The number of nitrogens with zero attached hydrogens (tertiary/aromatic N) is 3. The second kappa shape index (κ2) is 11.2. The fourth-order valence-electron chi connectivity index (χ4n) is 3.57. The van der Waals surface area contributed by atoms with Crippen molar-refractivity contribution in [1.29, 1.82) is 0 Å². The minimum absolute atomic E-state index is 0.00165. The Morgan fingerprint density at radius 2 is 1.97 bits per heavy atom. The van der Waals surface area contributed by atoms with Crippen LogP contribution in [-0.2, 0) is 20.9 Å². The van der Waals surface area contributed by atoms with Crippen LogP contribution < -0.4 is 10.6 Å². The minimum atomic E-state index is -0.636. The van der Waals surface area contributed by atoms with Gasteiger partial charge in [0, 0.05) is 17.9 Å². The highest BCUT2D eigenvalue weighted by Crippen LogP contribution is 2.27. The van der Waals surface area contributed by atoms with E-state index in [4.69, 9.17) is 4.74 Å². The first-order chi connectivity index (χ1) is 16.9. The molecular formula is C24H23F2N5O3S. The number of anilines is 2. The lowest BCUT2D eigenvalue weighted by atomic mass is 10.2. The number of benzene rings is 2. The second-order valence-electron chi connectivity index (χ2n) is 7.78. The zero-order valence-electron chi connectivity index (χ0n) is 18.7. The molecule has 11 heteroatoms. The molecule has 0 radical (unpaired) electrons. The van der Waals surface area contributed by atoms with Gasteiger partial charge in [0.05, 0.1) is 24.1 Å². The highest BCUT2D eigenvalue weighted by molar-refractivity contribution is 7.99. The van der Waals surface area contributed by atoms with Crippen molar-refractivity contribution in [1.82, 2.24) is 14.8 Å². The molecule has 3 aromatic rings. The Balaban J connectivity index is 1.46. The van der Waals surface area contributed by atoms with Gasteiger partial charge in [-0.05, 0) is 61.4 Å². The van der Waals surface area contributed by atoms with E-state index in [1.807, 2.05) is 4.57 Å². The maximum absolute atomic E-state index is 13.9. The molecule has 1 fully saturated rings. The molecule has 2 amide bonds. The molecule has 1 aliphatic rings. The van der Waals surface area contributed by atoms with Crippen LogP contribution in [0.5, 0.6) is 0 Å². The number of hydrogen-bond acceptors (Lipinski definition) is 6. The predicted octanol–water partition coefficient (Wildman–Crippen LogP) is 4.26. The summed E-state index contributed by atoms with van der Waals surface area (Å²) < 4.78 is 35.0. The van der Waals surface area contributed by atoms with Gasteiger partial charge in [-0.1, -0.05) is 18.3 Å². The Labute approximate surface area is 204 Å². The van der Waals surface area contributed by atoms with Gasteiger partial charge >= 0.3 is 0 Å². The van der Waals surface area contributed by atoms with Gasteiger partial charge in [-0.3, -0.25) is 14.2 Å². The number of rotatable bonds is 9. The molecule has 1 atom stereocenters. The van der Waals surface area contributed by atoms with Crippen LogP contribution in [0.1, 0.15) is 12.8 Å². The molecule has 2 heterocycles. The lowest BCUT2D eigenvalue weighted by Gasteiger charge is -2.15. The molecule has 0 saturated carbocycles. The van der Waals surface area contributed by atoms with E-state index in [1.54, 1.807) is 12.1 Å². The number of thioether (sulfide) groups is 1. The lowest BCUT2D eigenvalue weighted by molar-refractivity contribution is -0.114. The summed E-state index contributed by atoms with van der Waals surface area (Å²) in [5.41, 5.74) is 0.957. The SMILES string of the molecule is C=CC(=O)Nc1cc(NC(=O)CSc2nnc(-c3ccc(F)cc3)n2CC2CCCO2)ccc1F. The summed E-state index contributed by atoms with van der Waals surface area (Å²) >= 11 is 1.19. The Kier molecular flexibility index (Phi) is 7.88. The van der Waals surface area contributed by atoms with Crippen LogP contribution in [0.4, 0.5) is 20.2 Å². The third-order valence-corrected chi connectivity index (χ3v) is 6.22. The van der Waals surface area contributed by atoms with Crippen molar-refractivity contribution in [3.63, 3.8) is 0 Å².